The Balaban J connectivity index is 1.66. The maximum Gasteiger partial charge on any atom is 0.225 e. The van der Waals surface area contributed by atoms with Crippen molar-refractivity contribution >= 4 is 17.6 Å². The van der Waals surface area contributed by atoms with Crippen LogP contribution in [-0.2, 0) is 0 Å². The van der Waals surface area contributed by atoms with E-state index in [4.69, 9.17) is 0 Å². The van der Waals surface area contributed by atoms with Gasteiger partial charge in [0, 0.05) is 37.5 Å². The molecular weight excluding hydrogens is 302 g/mol. The van der Waals surface area contributed by atoms with E-state index in [0.29, 0.717) is 0 Å². The van der Waals surface area contributed by atoms with Gasteiger partial charge in [-0.2, -0.15) is 0 Å². The molecule has 3 aromatic rings. The lowest BCUT2D eigenvalue weighted by Gasteiger charge is -2.25. The van der Waals surface area contributed by atoms with Gasteiger partial charge < -0.3 is 10.2 Å². The van der Waals surface area contributed by atoms with E-state index < -0.39 is 0 Å². The lowest BCUT2D eigenvalue weighted by Crippen LogP contribution is -2.26. The summed E-state index contributed by atoms with van der Waals surface area (Å²) in [6.07, 6.45) is 10.8. The Hall–Kier alpha value is -3.09. The van der Waals surface area contributed by atoms with E-state index in [-0.39, 0.29) is 6.04 Å². The van der Waals surface area contributed by atoms with Crippen molar-refractivity contribution in [3.63, 3.8) is 0 Å². The Morgan fingerprint density at radius 3 is 2.54 bits per heavy atom. The zero-order valence-electron chi connectivity index (χ0n) is 13.1. The number of aromatic nitrogens is 5. The Morgan fingerprint density at radius 1 is 0.875 bits per heavy atom. The van der Waals surface area contributed by atoms with Crippen LogP contribution in [0, 0.1) is 0 Å². The molecule has 1 saturated heterocycles. The predicted octanol–water partition coefficient (Wildman–Crippen LogP) is 2.75. The van der Waals surface area contributed by atoms with Crippen LogP contribution in [0.1, 0.15) is 24.6 Å². The molecule has 1 unspecified atom stereocenters. The van der Waals surface area contributed by atoms with Crippen LogP contribution in [-0.4, -0.2) is 31.5 Å². The zero-order valence-corrected chi connectivity index (χ0v) is 13.1. The predicted molar refractivity (Wildman–Crippen MR) is 90.9 cm³/mol. The summed E-state index contributed by atoms with van der Waals surface area (Å²) in [4.78, 5) is 24.3. The van der Waals surface area contributed by atoms with Gasteiger partial charge >= 0.3 is 0 Å². The van der Waals surface area contributed by atoms with E-state index in [1.165, 1.54) is 0 Å². The fraction of sp³-hybridized carbons (Fsp3) is 0.235. The van der Waals surface area contributed by atoms with E-state index in [0.717, 1.165) is 42.7 Å². The molecule has 3 aromatic heterocycles. The van der Waals surface area contributed by atoms with E-state index in [1.54, 1.807) is 31.0 Å². The van der Waals surface area contributed by atoms with E-state index in [1.807, 2.05) is 24.3 Å². The van der Waals surface area contributed by atoms with Crippen molar-refractivity contribution in [1.29, 1.82) is 0 Å². The average Bonchev–Trinajstić information content (AvgIpc) is 3.13. The summed E-state index contributed by atoms with van der Waals surface area (Å²) in [5.41, 5.74) is 0.896. The maximum atomic E-state index is 4.58. The van der Waals surface area contributed by atoms with Gasteiger partial charge in [0.2, 0.25) is 5.95 Å². The molecule has 1 aliphatic rings. The summed E-state index contributed by atoms with van der Waals surface area (Å²) in [6.45, 7) is 0.911. The zero-order chi connectivity index (χ0) is 16.2. The van der Waals surface area contributed by atoms with Crippen LogP contribution in [0.5, 0.6) is 0 Å². The topological polar surface area (TPSA) is 79.7 Å². The summed E-state index contributed by atoms with van der Waals surface area (Å²) >= 11 is 0. The Kier molecular flexibility index (Phi) is 3.97. The second-order valence-electron chi connectivity index (χ2n) is 5.53. The minimum atomic E-state index is 0.104. The first-order valence-electron chi connectivity index (χ1n) is 7.94. The Morgan fingerprint density at radius 2 is 1.71 bits per heavy atom. The van der Waals surface area contributed by atoms with Gasteiger partial charge in [0.05, 0.1) is 6.04 Å². The summed E-state index contributed by atoms with van der Waals surface area (Å²) in [7, 11) is 0. The molecule has 7 heteroatoms. The summed E-state index contributed by atoms with van der Waals surface area (Å²) in [5, 5.41) is 3.27. The monoisotopic (exact) mass is 319 g/mol. The molecule has 24 heavy (non-hydrogen) atoms. The third kappa shape index (κ3) is 2.88. The highest BCUT2D eigenvalue weighted by Crippen LogP contribution is 2.36. The fourth-order valence-corrected chi connectivity index (χ4v) is 2.98. The normalized spacial score (nSPS) is 17.0. The van der Waals surface area contributed by atoms with Crippen LogP contribution in [0.25, 0.3) is 0 Å². The van der Waals surface area contributed by atoms with Crippen molar-refractivity contribution in [1.82, 2.24) is 24.9 Å². The van der Waals surface area contributed by atoms with Crippen LogP contribution in [0.3, 0.4) is 0 Å². The Labute approximate surface area is 139 Å². The fourth-order valence-electron chi connectivity index (χ4n) is 2.98. The van der Waals surface area contributed by atoms with Crippen LogP contribution in [0.15, 0.2) is 55.2 Å². The van der Waals surface area contributed by atoms with Gasteiger partial charge in [-0.05, 0) is 31.0 Å². The van der Waals surface area contributed by atoms with Crippen molar-refractivity contribution in [2.45, 2.75) is 18.9 Å². The average molecular weight is 319 g/mol. The van der Waals surface area contributed by atoms with Crippen LogP contribution >= 0.6 is 0 Å². The third-order valence-corrected chi connectivity index (χ3v) is 4.02. The molecule has 0 radical (unpaired) electrons. The van der Waals surface area contributed by atoms with E-state index in [2.05, 4.69) is 35.1 Å². The first-order valence-corrected chi connectivity index (χ1v) is 7.94. The smallest absolute Gasteiger partial charge is 0.225 e. The lowest BCUT2D eigenvalue weighted by molar-refractivity contribution is 0.677. The Bertz CT molecular complexity index is 794. The van der Waals surface area contributed by atoms with Gasteiger partial charge in [-0.15, -0.1) is 0 Å². The van der Waals surface area contributed by atoms with Crippen LogP contribution in [0.2, 0.25) is 0 Å². The minimum absolute atomic E-state index is 0.104. The number of nitrogens with zero attached hydrogens (tertiary/aromatic N) is 6. The van der Waals surface area contributed by atoms with Crippen molar-refractivity contribution < 1.29 is 0 Å². The lowest BCUT2D eigenvalue weighted by atomic mass is 10.1. The number of anilines is 3. The number of rotatable bonds is 4. The molecule has 1 fully saturated rings. The van der Waals surface area contributed by atoms with Gasteiger partial charge in [0.15, 0.2) is 5.82 Å². The summed E-state index contributed by atoms with van der Waals surface area (Å²) in [5.74, 6) is 2.21. The highest BCUT2D eigenvalue weighted by Gasteiger charge is 2.31. The number of hydrogen-bond acceptors (Lipinski definition) is 7. The van der Waals surface area contributed by atoms with Gasteiger partial charge in [0.25, 0.3) is 0 Å². The number of nitrogens with one attached hydrogen (secondary N) is 1. The van der Waals surface area contributed by atoms with Crippen molar-refractivity contribution in [2.75, 3.05) is 16.8 Å². The molecule has 4 heterocycles. The molecule has 120 valence electrons. The van der Waals surface area contributed by atoms with Crippen molar-refractivity contribution in [2.24, 2.45) is 0 Å². The molecule has 0 aromatic carbocycles. The molecule has 1 N–H and O–H groups in total. The molecule has 0 spiro atoms. The van der Waals surface area contributed by atoms with Crippen molar-refractivity contribution in [3.8, 4) is 0 Å². The van der Waals surface area contributed by atoms with Gasteiger partial charge in [-0.1, -0.05) is 6.07 Å². The molecule has 0 bridgehead atoms. The maximum absolute atomic E-state index is 4.58. The first kappa shape index (κ1) is 14.5. The molecule has 0 saturated carbocycles. The molecule has 1 aliphatic heterocycles. The summed E-state index contributed by atoms with van der Waals surface area (Å²) in [6, 6.07) is 7.65. The van der Waals surface area contributed by atoms with Gasteiger partial charge in [-0.25, -0.2) is 19.9 Å². The number of hydrogen-bond donors (Lipinski definition) is 1. The second-order valence-corrected chi connectivity index (χ2v) is 5.53. The van der Waals surface area contributed by atoms with E-state index >= 15 is 0 Å². The minimum Gasteiger partial charge on any atom is -0.332 e. The number of pyridine rings is 1. The largest absolute Gasteiger partial charge is 0.332 e. The molecular formula is C17H17N7. The second kappa shape index (κ2) is 6.57. The highest BCUT2D eigenvalue weighted by atomic mass is 15.3. The molecule has 0 amide bonds. The van der Waals surface area contributed by atoms with Gasteiger partial charge in [-0.3, -0.25) is 4.98 Å². The SMILES string of the molecule is c1ccc(Nc2nccnc2C2CCCN2c2ncccn2)nc1. The highest BCUT2D eigenvalue weighted by molar-refractivity contribution is 5.56. The van der Waals surface area contributed by atoms with Crippen LogP contribution in [0.4, 0.5) is 17.6 Å². The molecule has 4 rings (SSSR count). The quantitative estimate of drug-likeness (QED) is 0.792. The first-order chi connectivity index (χ1) is 11.9. The van der Waals surface area contributed by atoms with Crippen LogP contribution < -0.4 is 10.2 Å². The molecule has 1 atom stereocenters. The van der Waals surface area contributed by atoms with E-state index in [9.17, 15) is 0 Å². The summed E-state index contributed by atoms with van der Waals surface area (Å²) < 4.78 is 0. The molecule has 7 nitrogen and oxygen atoms in total. The van der Waals surface area contributed by atoms with Gasteiger partial charge in [0.1, 0.15) is 11.5 Å². The van der Waals surface area contributed by atoms with Crippen molar-refractivity contribution in [3.05, 3.63) is 60.9 Å². The molecule has 0 aliphatic carbocycles. The third-order valence-electron chi connectivity index (χ3n) is 4.02. The standard InChI is InChI=1S/C17H17N7/c1-2-7-18-14(6-1)23-16-15(19-10-11-20-16)13-5-3-12-24(13)17-21-8-4-9-22-17/h1-2,4,6-11,13H,3,5,12H2,(H,18,20,23).